The van der Waals surface area contributed by atoms with Crippen molar-refractivity contribution in [3.05, 3.63) is 35.1 Å². The lowest BCUT2D eigenvalue weighted by molar-refractivity contribution is 0.195. The molecule has 1 radical (unpaired) electrons. The minimum absolute atomic E-state index is 0.193. The summed E-state index contributed by atoms with van der Waals surface area (Å²) in [4.78, 5) is 0. The number of ether oxygens (including phenoxy) is 1. The number of hydrogen-bond acceptors (Lipinski definition) is 1. The van der Waals surface area contributed by atoms with E-state index in [1.165, 1.54) is 43.3 Å². The first kappa shape index (κ1) is 11.5. The normalized spacial score (nSPS) is 22.4. The number of fused-ring (bicyclic) bond motifs is 1. The first-order valence-corrected chi connectivity index (χ1v) is 6.56. The Balaban J connectivity index is 2.00. The fourth-order valence-electron chi connectivity index (χ4n) is 2.20. The molecule has 1 atom stereocenters. The molecular formula is C15H21O. The highest BCUT2D eigenvalue weighted by Crippen LogP contribution is 2.34. The molecular weight excluding hydrogens is 196 g/mol. The Morgan fingerprint density at radius 1 is 1.19 bits per heavy atom. The smallest absolute Gasteiger partial charge is 0.143 e. The van der Waals surface area contributed by atoms with E-state index < -0.39 is 0 Å². The molecule has 0 N–H and O–H groups in total. The number of allylic oxidation sites excluding steroid dienone is 3. The van der Waals surface area contributed by atoms with E-state index in [0.29, 0.717) is 0 Å². The minimum Gasteiger partial charge on any atom is -0.485 e. The van der Waals surface area contributed by atoms with Gasteiger partial charge in [-0.25, -0.2) is 0 Å². The van der Waals surface area contributed by atoms with E-state index in [4.69, 9.17) is 4.74 Å². The average molecular weight is 217 g/mol. The van der Waals surface area contributed by atoms with Crippen molar-refractivity contribution >= 4 is 0 Å². The molecule has 1 heteroatoms. The molecule has 0 amide bonds. The molecule has 2 aliphatic rings. The zero-order valence-corrected chi connectivity index (χ0v) is 10.4. The summed E-state index contributed by atoms with van der Waals surface area (Å²) in [5.74, 6) is 1.07. The van der Waals surface area contributed by atoms with Crippen LogP contribution < -0.4 is 0 Å². The Morgan fingerprint density at radius 3 is 2.69 bits per heavy atom. The Bertz CT molecular complexity index is 333. The molecule has 0 fully saturated rings. The van der Waals surface area contributed by atoms with E-state index in [0.717, 1.165) is 12.2 Å². The Morgan fingerprint density at radius 2 is 1.94 bits per heavy atom. The second-order valence-electron chi connectivity index (χ2n) is 4.59. The molecule has 0 aromatic heterocycles. The van der Waals surface area contributed by atoms with Gasteiger partial charge in [-0.2, -0.15) is 0 Å². The first-order chi connectivity index (χ1) is 7.85. The topological polar surface area (TPSA) is 9.23 Å². The molecule has 2 rings (SSSR count). The summed E-state index contributed by atoms with van der Waals surface area (Å²) in [7, 11) is 0. The van der Waals surface area contributed by atoms with E-state index in [1.807, 2.05) is 0 Å². The van der Waals surface area contributed by atoms with Crippen LogP contribution >= 0.6 is 0 Å². The van der Waals surface area contributed by atoms with Gasteiger partial charge in [0.2, 0.25) is 0 Å². The van der Waals surface area contributed by atoms with E-state index in [2.05, 4.69) is 32.1 Å². The van der Waals surface area contributed by atoms with Gasteiger partial charge in [0.1, 0.15) is 11.9 Å². The lowest BCUT2D eigenvalue weighted by Crippen LogP contribution is -2.02. The van der Waals surface area contributed by atoms with Crippen LogP contribution in [0.1, 0.15) is 52.4 Å². The maximum Gasteiger partial charge on any atom is 0.143 e. The van der Waals surface area contributed by atoms with Crippen LogP contribution in [0.5, 0.6) is 0 Å². The minimum atomic E-state index is 0.193. The highest BCUT2D eigenvalue weighted by atomic mass is 16.5. The zero-order valence-electron chi connectivity index (χ0n) is 10.4. The molecule has 1 unspecified atom stereocenters. The number of unbranched alkanes of at least 4 members (excludes halogenated alkanes) is 2. The monoisotopic (exact) mass is 217 g/mol. The van der Waals surface area contributed by atoms with Gasteiger partial charge in [-0.15, -0.1) is 0 Å². The summed E-state index contributed by atoms with van der Waals surface area (Å²) in [6, 6.07) is 0. The van der Waals surface area contributed by atoms with E-state index in [-0.39, 0.29) is 6.10 Å². The van der Waals surface area contributed by atoms with E-state index in [9.17, 15) is 0 Å². The highest BCUT2D eigenvalue weighted by molar-refractivity contribution is 5.45. The van der Waals surface area contributed by atoms with Crippen LogP contribution in [0.25, 0.3) is 0 Å². The third-order valence-corrected chi connectivity index (χ3v) is 3.20. The van der Waals surface area contributed by atoms with Gasteiger partial charge in [0.05, 0.1) is 0 Å². The van der Waals surface area contributed by atoms with E-state index in [1.54, 1.807) is 0 Å². The van der Waals surface area contributed by atoms with Crippen LogP contribution in [-0.4, -0.2) is 6.10 Å². The second kappa shape index (κ2) is 5.38. The summed E-state index contributed by atoms with van der Waals surface area (Å²) in [5.41, 5.74) is 2.75. The van der Waals surface area contributed by atoms with Gasteiger partial charge in [-0.3, -0.25) is 0 Å². The van der Waals surface area contributed by atoms with Crippen LogP contribution in [0.3, 0.4) is 0 Å². The average Bonchev–Trinajstić information content (AvgIpc) is 2.83. The van der Waals surface area contributed by atoms with Gasteiger partial charge in [0.25, 0.3) is 0 Å². The SMILES string of the molecule is CCCCC1=[C]C2=C(CCCC)C=CC2O1. The molecule has 87 valence electrons. The summed E-state index contributed by atoms with van der Waals surface area (Å²) in [6.45, 7) is 4.45. The lowest BCUT2D eigenvalue weighted by atomic mass is 10.0. The van der Waals surface area contributed by atoms with Gasteiger partial charge in [-0.05, 0) is 30.9 Å². The van der Waals surface area contributed by atoms with Gasteiger partial charge < -0.3 is 4.74 Å². The number of hydrogen-bond donors (Lipinski definition) is 0. The predicted molar refractivity (Wildman–Crippen MR) is 66.8 cm³/mol. The van der Waals surface area contributed by atoms with Crippen molar-refractivity contribution in [2.24, 2.45) is 0 Å². The van der Waals surface area contributed by atoms with Gasteiger partial charge in [0, 0.05) is 18.1 Å². The van der Waals surface area contributed by atoms with Crippen LogP contribution in [0.15, 0.2) is 29.1 Å². The summed E-state index contributed by atoms with van der Waals surface area (Å²) < 4.78 is 5.86. The van der Waals surface area contributed by atoms with Crippen molar-refractivity contribution in [1.29, 1.82) is 0 Å². The van der Waals surface area contributed by atoms with E-state index >= 15 is 0 Å². The lowest BCUT2D eigenvalue weighted by Gasteiger charge is -2.07. The van der Waals surface area contributed by atoms with Crippen molar-refractivity contribution in [3.8, 4) is 0 Å². The molecule has 0 saturated heterocycles. The van der Waals surface area contributed by atoms with Crippen molar-refractivity contribution in [1.82, 2.24) is 0 Å². The first-order valence-electron chi connectivity index (χ1n) is 6.56. The zero-order chi connectivity index (χ0) is 11.4. The summed E-state index contributed by atoms with van der Waals surface area (Å²) in [6.07, 6.45) is 15.2. The molecule has 0 spiro atoms. The second-order valence-corrected chi connectivity index (χ2v) is 4.59. The maximum absolute atomic E-state index is 5.86. The number of rotatable bonds is 6. The molecule has 1 nitrogen and oxygen atoms in total. The molecule has 0 aromatic carbocycles. The Labute approximate surface area is 98.9 Å². The standard InChI is InChI=1S/C15H21O/c1-3-5-7-12-9-10-15-14(12)11-13(16-15)8-6-4-2/h9-10,15H,3-8H2,1-2H3. The van der Waals surface area contributed by atoms with Crippen LogP contribution in [0.2, 0.25) is 0 Å². The van der Waals surface area contributed by atoms with Crippen molar-refractivity contribution in [3.63, 3.8) is 0 Å². The van der Waals surface area contributed by atoms with Gasteiger partial charge in [0.15, 0.2) is 0 Å². The molecule has 0 bridgehead atoms. The quantitative estimate of drug-likeness (QED) is 0.644. The summed E-state index contributed by atoms with van der Waals surface area (Å²) >= 11 is 0. The third-order valence-electron chi connectivity index (χ3n) is 3.20. The van der Waals surface area contributed by atoms with Crippen LogP contribution in [-0.2, 0) is 4.74 Å². The van der Waals surface area contributed by atoms with Crippen molar-refractivity contribution in [2.45, 2.75) is 58.5 Å². The molecule has 16 heavy (non-hydrogen) atoms. The molecule has 1 heterocycles. The highest BCUT2D eigenvalue weighted by Gasteiger charge is 2.27. The predicted octanol–water partition coefficient (Wildman–Crippen LogP) is 4.32. The molecule has 0 aromatic rings. The molecule has 1 aliphatic heterocycles. The van der Waals surface area contributed by atoms with Crippen LogP contribution in [0, 0.1) is 6.08 Å². The van der Waals surface area contributed by atoms with Crippen LogP contribution in [0.4, 0.5) is 0 Å². The fraction of sp³-hybridized carbons (Fsp3) is 0.600. The van der Waals surface area contributed by atoms with Gasteiger partial charge in [-0.1, -0.05) is 32.8 Å². The molecule has 0 saturated carbocycles. The third kappa shape index (κ3) is 2.40. The Hall–Kier alpha value is -0.980. The van der Waals surface area contributed by atoms with Crippen molar-refractivity contribution < 1.29 is 4.74 Å². The fourth-order valence-corrected chi connectivity index (χ4v) is 2.20. The Kier molecular flexibility index (Phi) is 3.87. The summed E-state index contributed by atoms with van der Waals surface area (Å²) in [5, 5.41) is 0. The largest absolute Gasteiger partial charge is 0.485 e. The van der Waals surface area contributed by atoms with Crippen molar-refractivity contribution in [2.75, 3.05) is 0 Å². The maximum atomic E-state index is 5.86. The van der Waals surface area contributed by atoms with Gasteiger partial charge >= 0.3 is 0 Å². The molecule has 1 aliphatic carbocycles.